The van der Waals surface area contributed by atoms with Crippen molar-refractivity contribution in [1.82, 2.24) is 0 Å². The highest BCUT2D eigenvalue weighted by Crippen LogP contribution is 2.34. The molecule has 6 nitrogen and oxygen atoms in total. The Morgan fingerprint density at radius 2 is 2.07 bits per heavy atom. The van der Waals surface area contributed by atoms with Crippen molar-refractivity contribution in [2.45, 2.75) is 6.92 Å². The first-order chi connectivity index (χ1) is 13.3. The third-order valence-electron chi connectivity index (χ3n) is 3.50. The molecule has 148 valence electrons. The van der Waals surface area contributed by atoms with Crippen molar-refractivity contribution in [3.05, 3.63) is 50.1 Å². The molecule has 0 fully saturated rings. The summed E-state index contributed by atoms with van der Waals surface area (Å²) < 4.78 is 9.66. The predicted octanol–water partition coefficient (Wildman–Crippen LogP) is 4.71. The van der Waals surface area contributed by atoms with Crippen molar-refractivity contribution >= 4 is 81.3 Å². The van der Waals surface area contributed by atoms with E-state index in [-0.39, 0.29) is 16.8 Å². The summed E-state index contributed by atoms with van der Waals surface area (Å²) in [6.07, 6.45) is 1.39. The Kier molecular flexibility index (Phi) is 7.82. The van der Waals surface area contributed by atoms with Gasteiger partial charge in [-0.05, 0) is 49.0 Å². The maximum atomic E-state index is 12.0. The fourth-order valence-corrected chi connectivity index (χ4v) is 3.62. The second-order valence-corrected chi connectivity index (χ2v) is 7.23. The average Bonchev–Trinajstić information content (AvgIpc) is 3.12. The van der Waals surface area contributed by atoms with E-state index in [1.54, 1.807) is 35.9 Å². The first-order valence-electron chi connectivity index (χ1n) is 7.88. The number of hydrogen-bond donors (Lipinski definition) is 1. The molecular weight excluding hydrogens is 443 g/mol. The van der Waals surface area contributed by atoms with Gasteiger partial charge >= 0.3 is 11.9 Å². The van der Waals surface area contributed by atoms with Crippen LogP contribution in [-0.4, -0.2) is 30.8 Å². The molecule has 10 heteroatoms. The first-order valence-corrected chi connectivity index (χ1v) is 9.98. The molecule has 28 heavy (non-hydrogen) atoms. The van der Waals surface area contributed by atoms with E-state index in [2.05, 4.69) is 0 Å². The van der Waals surface area contributed by atoms with Gasteiger partial charge in [0.25, 0.3) is 0 Å². The summed E-state index contributed by atoms with van der Waals surface area (Å²) in [5.41, 5.74) is 7.68. The van der Waals surface area contributed by atoms with Crippen molar-refractivity contribution in [3.63, 3.8) is 0 Å². The van der Waals surface area contributed by atoms with Gasteiger partial charge < -0.3 is 15.2 Å². The maximum absolute atomic E-state index is 12.0. The van der Waals surface area contributed by atoms with E-state index in [1.165, 1.54) is 29.4 Å². The minimum atomic E-state index is -0.664. The number of rotatable bonds is 6. The van der Waals surface area contributed by atoms with E-state index < -0.39 is 11.9 Å². The number of hydrogen-bond acceptors (Lipinski definition) is 6. The van der Waals surface area contributed by atoms with Crippen molar-refractivity contribution in [2.75, 3.05) is 18.6 Å². The van der Waals surface area contributed by atoms with Gasteiger partial charge in [-0.15, -0.1) is 11.3 Å². The number of benzene rings is 1. The largest absolute Gasteiger partial charge is 0.465 e. The molecule has 2 aromatic rings. The molecule has 0 aliphatic carbocycles. The second-order valence-electron chi connectivity index (χ2n) is 5.25. The molecule has 0 bridgehead atoms. The molecule has 0 saturated heterocycles. The zero-order valence-electron chi connectivity index (χ0n) is 14.9. The second kappa shape index (κ2) is 9.88. The highest BCUT2D eigenvalue weighted by atomic mass is 35.5. The summed E-state index contributed by atoms with van der Waals surface area (Å²) in [6.45, 7) is 1.87. The molecule has 0 aliphatic rings. The number of methoxy groups -OCH3 is 1. The quantitative estimate of drug-likeness (QED) is 0.381. The van der Waals surface area contributed by atoms with Gasteiger partial charge in [0.05, 0.1) is 25.0 Å². The van der Waals surface area contributed by atoms with Crippen LogP contribution in [0.3, 0.4) is 0 Å². The van der Waals surface area contributed by atoms with Crippen molar-refractivity contribution < 1.29 is 19.1 Å². The smallest absolute Gasteiger partial charge is 0.349 e. The van der Waals surface area contributed by atoms with E-state index in [4.69, 9.17) is 50.6 Å². The molecule has 0 spiro atoms. The Morgan fingerprint density at radius 1 is 1.36 bits per heavy atom. The van der Waals surface area contributed by atoms with Crippen LogP contribution in [-0.2, 0) is 14.3 Å². The minimum Gasteiger partial charge on any atom is -0.465 e. The van der Waals surface area contributed by atoms with Crippen molar-refractivity contribution in [1.29, 1.82) is 0 Å². The lowest BCUT2D eigenvalue weighted by Crippen LogP contribution is -2.32. The molecule has 1 heterocycles. The number of carbonyl (C=O) groups is 2. The standard InChI is InChI=1S/C18H16Cl2N2O4S2/c1-3-26-17(24)14(20)7-10-6-11(4-5-13(10)19)22(18(21)27)15-9-28-8-12(15)16(23)25-2/h4-9H,3H2,1-2H3,(H2,21,27)/b14-7-. The van der Waals surface area contributed by atoms with Gasteiger partial charge in [-0.1, -0.05) is 23.2 Å². The van der Waals surface area contributed by atoms with E-state index in [0.29, 0.717) is 27.5 Å². The summed E-state index contributed by atoms with van der Waals surface area (Å²) in [5, 5.41) is 3.60. The van der Waals surface area contributed by atoms with Crippen molar-refractivity contribution in [3.8, 4) is 0 Å². The number of thiocarbonyl (C=S) groups is 1. The van der Waals surface area contributed by atoms with E-state index in [1.807, 2.05) is 0 Å². The van der Waals surface area contributed by atoms with E-state index >= 15 is 0 Å². The van der Waals surface area contributed by atoms with Crippen LogP contribution in [0.4, 0.5) is 11.4 Å². The lowest BCUT2D eigenvalue weighted by Gasteiger charge is -2.23. The normalized spacial score (nSPS) is 11.1. The number of halogens is 2. The molecule has 2 N–H and O–H groups in total. The topological polar surface area (TPSA) is 81.9 Å². The van der Waals surface area contributed by atoms with E-state index in [9.17, 15) is 9.59 Å². The molecular formula is C18H16Cl2N2O4S2. The lowest BCUT2D eigenvalue weighted by molar-refractivity contribution is -0.137. The van der Waals surface area contributed by atoms with Crippen molar-refractivity contribution in [2.24, 2.45) is 5.73 Å². The molecule has 0 amide bonds. The number of esters is 2. The van der Waals surface area contributed by atoms with Crippen LogP contribution < -0.4 is 10.6 Å². The number of nitrogens with two attached hydrogens (primary N) is 1. The number of anilines is 2. The number of carbonyl (C=O) groups excluding carboxylic acids is 2. The predicted molar refractivity (Wildman–Crippen MR) is 116 cm³/mol. The van der Waals surface area contributed by atoms with E-state index in [0.717, 1.165) is 0 Å². The fraction of sp³-hybridized carbons (Fsp3) is 0.167. The van der Waals surface area contributed by atoms with Crippen LogP contribution >= 0.6 is 46.8 Å². The fourth-order valence-electron chi connectivity index (χ4n) is 2.29. The Morgan fingerprint density at radius 3 is 2.68 bits per heavy atom. The monoisotopic (exact) mass is 458 g/mol. The zero-order chi connectivity index (χ0) is 20.8. The highest BCUT2D eigenvalue weighted by molar-refractivity contribution is 7.80. The molecule has 0 saturated carbocycles. The van der Waals surface area contributed by atoms with Crippen LogP contribution in [0, 0.1) is 0 Å². The SMILES string of the molecule is CCOC(=O)/C(Cl)=C/c1cc(N(C(N)=S)c2cscc2C(=O)OC)ccc1Cl. The molecule has 2 rings (SSSR count). The average molecular weight is 459 g/mol. The number of ether oxygens (including phenoxy) is 2. The molecule has 0 radical (unpaired) electrons. The Bertz CT molecular complexity index is 943. The van der Waals surface area contributed by atoms with Gasteiger partial charge in [0.15, 0.2) is 5.11 Å². The highest BCUT2D eigenvalue weighted by Gasteiger charge is 2.22. The van der Waals surface area contributed by atoms with Crippen LogP contribution in [0.15, 0.2) is 34.0 Å². The molecule has 0 atom stereocenters. The summed E-state index contributed by atoms with van der Waals surface area (Å²) in [4.78, 5) is 25.3. The van der Waals surface area contributed by atoms with Gasteiger partial charge in [0.1, 0.15) is 5.03 Å². The van der Waals surface area contributed by atoms with Crippen LogP contribution in [0.5, 0.6) is 0 Å². The van der Waals surface area contributed by atoms with Crippen LogP contribution in [0.2, 0.25) is 5.02 Å². The summed E-state index contributed by atoms with van der Waals surface area (Å²) in [7, 11) is 1.29. The first kappa shape index (κ1) is 22.2. The zero-order valence-corrected chi connectivity index (χ0v) is 18.0. The Hall–Kier alpha value is -2.13. The lowest BCUT2D eigenvalue weighted by atomic mass is 10.1. The Labute approximate surface area is 181 Å². The van der Waals surface area contributed by atoms with Gasteiger partial charge in [-0.25, -0.2) is 9.59 Å². The summed E-state index contributed by atoms with van der Waals surface area (Å²) in [5.74, 6) is -1.18. The number of thiophene rings is 1. The van der Waals surface area contributed by atoms with Gasteiger partial charge in [0, 0.05) is 21.5 Å². The summed E-state index contributed by atoms with van der Waals surface area (Å²) >= 11 is 18.7. The minimum absolute atomic E-state index is 0.0114. The summed E-state index contributed by atoms with van der Waals surface area (Å²) in [6, 6.07) is 4.92. The van der Waals surface area contributed by atoms with Crippen LogP contribution in [0.1, 0.15) is 22.8 Å². The molecule has 1 aromatic carbocycles. The Balaban J connectivity index is 2.52. The van der Waals surface area contributed by atoms with Gasteiger partial charge in [0.2, 0.25) is 0 Å². The maximum Gasteiger partial charge on any atom is 0.349 e. The van der Waals surface area contributed by atoms with Gasteiger partial charge in [-0.2, -0.15) is 0 Å². The third kappa shape index (κ3) is 5.02. The molecule has 1 aromatic heterocycles. The van der Waals surface area contributed by atoms with Crippen LogP contribution in [0.25, 0.3) is 6.08 Å². The molecule has 0 aliphatic heterocycles. The number of nitrogens with zero attached hydrogens (tertiary/aromatic N) is 1. The molecule has 0 unspecified atom stereocenters. The third-order valence-corrected chi connectivity index (χ3v) is 5.02. The van der Waals surface area contributed by atoms with Gasteiger partial charge in [-0.3, -0.25) is 4.90 Å².